The van der Waals surface area contributed by atoms with Crippen LogP contribution in [0.25, 0.3) is 0 Å². The van der Waals surface area contributed by atoms with Crippen molar-refractivity contribution in [2.45, 2.75) is 44.6 Å². The predicted octanol–water partition coefficient (Wildman–Crippen LogP) is 2.48. The summed E-state index contributed by atoms with van der Waals surface area (Å²) < 4.78 is 0. The Morgan fingerprint density at radius 2 is 1.75 bits per heavy atom. The summed E-state index contributed by atoms with van der Waals surface area (Å²) in [6, 6.07) is 0.769. The van der Waals surface area contributed by atoms with E-state index in [0.717, 1.165) is 12.0 Å². The molecule has 1 nitrogen and oxygen atoms in total. The lowest BCUT2D eigenvalue weighted by atomic mass is 10.1. The number of hydrogen-bond donors (Lipinski definition) is 1. The molecule has 0 aliphatic heterocycles. The summed E-state index contributed by atoms with van der Waals surface area (Å²) >= 11 is 0. The summed E-state index contributed by atoms with van der Waals surface area (Å²) in [5.74, 6) is 0.991. The van der Waals surface area contributed by atoms with Gasteiger partial charge in [0.25, 0.3) is 0 Å². The van der Waals surface area contributed by atoms with Gasteiger partial charge in [-0.25, -0.2) is 0 Å². The standard InChI is InChI=1S/C11H19N/c1-2-6-10(5-1)9-12-11-7-3-4-8-11/h3-4,10-12H,1-2,5-9H2. The Balaban J connectivity index is 1.61. The Kier molecular flexibility index (Phi) is 2.83. The van der Waals surface area contributed by atoms with Crippen LogP contribution in [0.5, 0.6) is 0 Å². The predicted molar refractivity (Wildman–Crippen MR) is 52.1 cm³/mol. The van der Waals surface area contributed by atoms with Gasteiger partial charge in [0, 0.05) is 6.04 Å². The first kappa shape index (κ1) is 8.31. The van der Waals surface area contributed by atoms with E-state index >= 15 is 0 Å². The molecule has 1 saturated carbocycles. The van der Waals surface area contributed by atoms with Crippen LogP contribution in [0.15, 0.2) is 12.2 Å². The molecule has 1 N–H and O–H groups in total. The summed E-state index contributed by atoms with van der Waals surface area (Å²) in [7, 11) is 0. The third-order valence-electron chi connectivity index (χ3n) is 3.18. The highest BCUT2D eigenvalue weighted by Crippen LogP contribution is 2.24. The topological polar surface area (TPSA) is 12.0 Å². The Labute approximate surface area is 75.2 Å². The van der Waals surface area contributed by atoms with E-state index in [1.165, 1.54) is 45.1 Å². The zero-order valence-corrected chi connectivity index (χ0v) is 7.76. The van der Waals surface area contributed by atoms with Crippen LogP contribution in [0.4, 0.5) is 0 Å². The van der Waals surface area contributed by atoms with Gasteiger partial charge in [0.15, 0.2) is 0 Å². The molecule has 1 heteroatoms. The lowest BCUT2D eigenvalue weighted by Crippen LogP contribution is -2.30. The highest BCUT2D eigenvalue weighted by atomic mass is 14.9. The quantitative estimate of drug-likeness (QED) is 0.633. The average molecular weight is 165 g/mol. The number of rotatable bonds is 3. The molecule has 0 heterocycles. The molecule has 2 rings (SSSR count). The Hall–Kier alpha value is -0.300. The van der Waals surface area contributed by atoms with Crippen LogP contribution >= 0.6 is 0 Å². The highest BCUT2D eigenvalue weighted by Gasteiger charge is 2.16. The molecule has 12 heavy (non-hydrogen) atoms. The third-order valence-corrected chi connectivity index (χ3v) is 3.18. The summed E-state index contributed by atoms with van der Waals surface area (Å²) in [5, 5.41) is 3.66. The first-order valence-electron chi connectivity index (χ1n) is 5.33. The fourth-order valence-corrected chi connectivity index (χ4v) is 2.33. The van der Waals surface area contributed by atoms with Gasteiger partial charge in [0.1, 0.15) is 0 Å². The molecule has 2 aliphatic rings. The van der Waals surface area contributed by atoms with Gasteiger partial charge in [-0.05, 0) is 38.1 Å². The largest absolute Gasteiger partial charge is 0.313 e. The van der Waals surface area contributed by atoms with E-state index in [0.29, 0.717) is 0 Å². The number of nitrogens with one attached hydrogen (secondary N) is 1. The SMILES string of the molecule is C1=CCC(NCC2CCCC2)C1. The van der Waals surface area contributed by atoms with Crippen LogP contribution in [-0.2, 0) is 0 Å². The molecular weight excluding hydrogens is 146 g/mol. The van der Waals surface area contributed by atoms with E-state index in [2.05, 4.69) is 17.5 Å². The molecule has 0 saturated heterocycles. The maximum atomic E-state index is 3.66. The first-order valence-corrected chi connectivity index (χ1v) is 5.33. The van der Waals surface area contributed by atoms with Gasteiger partial charge in [0.2, 0.25) is 0 Å². The van der Waals surface area contributed by atoms with Crippen LogP contribution in [0, 0.1) is 5.92 Å². The van der Waals surface area contributed by atoms with Crippen molar-refractivity contribution in [3.8, 4) is 0 Å². The second kappa shape index (κ2) is 4.08. The molecule has 0 aromatic carbocycles. The molecule has 68 valence electrons. The van der Waals surface area contributed by atoms with Crippen molar-refractivity contribution in [2.24, 2.45) is 5.92 Å². The van der Waals surface area contributed by atoms with Gasteiger partial charge < -0.3 is 5.32 Å². The normalized spacial score (nSPS) is 25.7. The molecular formula is C11H19N. The lowest BCUT2D eigenvalue weighted by molar-refractivity contribution is 0.440. The molecule has 0 aromatic heterocycles. The average Bonchev–Trinajstić information content (AvgIpc) is 2.74. The highest BCUT2D eigenvalue weighted by molar-refractivity contribution is 4.97. The van der Waals surface area contributed by atoms with E-state index in [1.807, 2.05) is 0 Å². The van der Waals surface area contributed by atoms with E-state index in [1.54, 1.807) is 0 Å². The van der Waals surface area contributed by atoms with Crippen molar-refractivity contribution in [1.29, 1.82) is 0 Å². The fraction of sp³-hybridized carbons (Fsp3) is 0.818. The summed E-state index contributed by atoms with van der Waals surface area (Å²) in [6.07, 6.45) is 13.0. The Morgan fingerprint density at radius 1 is 1.08 bits per heavy atom. The van der Waals surface area contributed by atoms with E-state index in [4.69, 9.17) is 0 Å². The molecule has 2 aliphatic carbocycles. The van der Waals surface area contributed by atoms with Crippen LogP contribution in [-0.4, -0.2) is 12.6 Å². The first-order chi connectivity index (χ1) is 5.95. The smallest absolute Gasteiger partial charge is 0.0136 e. The maximum Gasteiger partial charge on any atom is 0.0136 e. The zero-order chi connectivity index (χ0) is 8.23. The van der Waals surface area contributed by atoms with Gasteiger partial charge >= 0.3 is 0 Å². The van der Waals surface area contributed by atoms with Crippen LogP contribution in [0.1, 0.15) is 38.5 Å². The van der Waals surface area contributed by atoms with Crippen molar-refractivity contribution < 1.29 is 0 Å². The summed E-state index contributed by atoms with van der Waals surface area (Å²) in [5.41, 5.74) is 0. The minimum Gasteiger partial charge on any atom is -0.313 e. The van der Waals surface area contributed by atoms with E-state index in [-0.39, 0.29) is 0 Å². The van der Waals surface area contributed by atoms with Gasteiger partial charge in [0.05, 0.1) is 0 Å². The monoisotopic (exact) mass is 165 g/mol. The van der Waals surface area contributed by atoms with Crippen molar-refractivity contribution in [2.75, 3.05) is 6.54 Å². The Bertz CT molecular complexity index is 146. The fourth-order valence-electron chi connectivity index (χ4n) is 2.33. The van der Waals surface area contributed by atoms with Crippen LogP contribution < -0.4 is 5.32 Å². The summed E-state index contributed by atoms with van der Waals surface area (Å²) in [6.45, 7) is 1.27. The van der Waals surface area contributed by atoms with Gasteiger partial charge in [-0.3, -0.25) is 0 Å². The minimum atomic E-state index is 0.769. The van der Waals surface area contributed by atoms with Crippen molar-refractivity contribution >= 4 is 0 Å². The van der Waals surface area contributed by atoms with Crippen molar-refractivity contribution in [1.82, 2.24) is 5.32 Å². The second-order valence-electron chi connectivity index (χ2n) is 4.20. The molecule has 1 fully saturated rings. The van der Waals surface area contributed by atoms with E-state index < -0.39 is 0 Å². The van der Waals surface area contributed by atoms with Gasteiger partial charge in [-0.15, -0.1) is 0 Å². The molecule has 0 amide bonds. The molecule has 0 radical (unpaired) electrons. The van der Waals surface area contributed by atoms with Crippen molar-refractivity contribution in [3.05, 3.63) is 12.2 Å². The van der Waals surface area contributed by atoms with Crippen LogP contribution in [0.2, 0.25) is 0 Å². The minimum absolute atomic E-state index is 0.769. The molecule has 0 unspecified atom stereocenters. The molecule has 0 bridgehead atoms. The lowest BCUT2D eigenvalue weighted by Gasteiger charge is -2.15. The van der Waals surface area contributed by atoms with E-state index in [9.17, 15) is 0 Å². The molecule has 0 spiro atoms. The summed E-state index contributed by atoms with van der Waals surface area (Å²) in [4.78, 5) is 0. The van der Waals surface area contributed by atoms with Gasteiger partial charge in [-0.2, -0.15) is 0 Å². The Morgan fingerprint density at radius 3 is 2.42 bits per heavy atom. The number of hydrogen-bond acceptors (Lipinski definition) is 1. The van der Waals surface area contributed by atoms with Crippen LogP contribution in [0.3, 0.4) is 0 Å². The molecule has 0 atom stereocenters. The van der Waals surface area contributed by atoms with Gasteiger partial charge in [-0.1, -0.05) is 25.0 Å². The maximum absolute atomic E-state index is 3.66. The van der Waals surface area contributed by atoms with Crippen molar-refractivity contribution in [3.63, 3.8) is 0 Å². The zero-order valence-electron chi connectivity index (χ0n) is 7.76. The second-order valence-corrected chi connectivity index (χ2v) is 4.20. The third kappa shape index (κ3) is 2.10. The molecule has 0 aromatic rings.